The summed E-state index contributed by atoms with van der Waals surface area (Å²) in [6.07, 6.45) is 2.93. The number of methoxy groups -OCH3 is 1. The van der Waals surface area contributed by atoms with Crippen molar-refractivity contribution in [2.24, 2.45) is 0 Å². The zero-order valence-electron chi connectivity index (χ0n) is 17.9. The third kappa shape index (κ3) is 5.60. The number of fused-ring (bicyclic) bond motifs is 1. The fourth-order valence-electron chi connectivity index (χ4n) is 3.17. The maximum absolute atomic E-state index is 13.1. The summed E-state index contributed by atoms with van der Waals surface area (Å²) in [6, 6.07) is 12.3. The van der Waals surface area contributed by atoms with Crippen LogP contribution in [0.3, 0.4) is 0 Å². The molecule has 0 spiro atoms. The molecule has 0 aliphatic carbocycles. The first-order valence-electron chi connectivity index (χ1n) is 10.2. The van der Waals surface area contributed by atoms with Gasteiger partial charge < -0.3 is 10.1 Å². The van der Waals surface area contributed by atoms with E-state index in [4.69, 9.17) is 16.3 Å². The molecule has 3 aromatic rings. The van der Waals surface area contributed by atoms with Crippen LogP contribution in [0.25, 0.3) is 10.9 Å². The molecule has 1 heterocycles. The second-order valence-corrected chi connectivity index (χ2v) is 8.91. The van der Waals surface area contributed by atoms with Gasteiger partial charge in [-0.25, -0.2) is 4.98 Å². The minimum atomic E-state index is -0.481. The number of hydrogen-bond acceptors (Lipinski definition) is 5. The number of rotatable bonds is 9. The van der Waals surface area contributed by atoms with Crippen molar-refractivity contribution in [2.75, 3.05) is 12.4 Å². The van der Waals surface area contributed by atoms with E-state index in [-0.39, 0.29) is 11.5 Å². The smallest absolute Gasteiger partial charge is 0.262 e. The Labute approximate surface area is 191 Å². The molecule has 1 atom stereocenters. The summed E-state index contributed by atoms with van der Waals surface area (Å²) >= 11 is 7.37. The molecule has 2 aromatic carbocycles. The molecule has 0 fully saturated rings. The van der Waals surface area contributed by atoms with E-state index in [1.54, 1.807) is 48.9 Å². The minimum absolute atomic E-state index is 0.113. The van der Waals surface area contributed by atoms with Crippen molar-refractivity contribution in [3.05, 3.63) is 57.8 Å². The van der Waals surface area contributed by atoms with Crippen LogP contribution in [0.2, 0.25) is 5.02 Å². The zero-order valence-corrected chi connectivity index (χ0v) is 19.4. The highest BCUT2D eigenvalue weighted by Crippen LogP contribution is 2.27. The Morgan fingerprint density at radius 2 is 2.03 bits per heavy atom. The van der Waals surface area contributed by atoms with Crippen molar-refractivity contribution in [2.45, 2.75) is 50.1 Å². The van der Waals surface area contributed by atoms with Gasteiger partial charge in [-0.1, -0.05) is 55.3 Å². The number of carbonyl (C=O) groups excluding carboxylic acids is 1. The van der Waals surface area contributed by atoms with E-state index in [1.807, 2.05) is 12.1 Å². The van der Waals surface area contributed by atoms with Gasteiger partial charge in [0.25, 0.3) is 5.56 Å². The van der Waals surface area contributed by atoms with Crippen molar-refractivity contribution in [1.29, 1.82) is 0 Å². The average molecular weight is 460 g/mol. The number of amides is 1. The fourth-order valence-corrected chi connectivity index (χ4v) is 4.28. The lowest BCUT2D eigenvalue weighted by atomic mass is 10.2. The number of nitrogens with zero attached hydrogens (tertiary/aromatic N) is 2. The third-order valence-corrected chi connectivity index (χ3v) is 6.21. The molecule has 1 unspecified atom stereocenters. The van der Waals surface area contributed by atoms with E-state index >= 15 is 0 Å². The van der Waals surface area contributed by atoms with Gasteiger partial charge in [0, 0.05) is 11.6 Å². The van der Waals surface area contributed by atoms with Crippen LogP contribution in [0.1, 0.15) is 33.1 Å². The third-order valence-electron chi connectivity index (χ3n) is 4.88. The molecular weight excluding hydrogens is 434 g/mol. The first-order valence-corrected chi connectivity index (χ1v) is 11.5. The number of nitrogens with one attached hydrogen (secondary N) is 1. The maximum atomic E-state index is 13.1. The number of thioether (sulfide) groups is 1. The van der Waals surface area contributed by atoms with E-state index in [9.17, 15) is 9.59 Å². The highest BCUT2D eigenvalue weighted by atomic mass is 35.5. The van der Waals surface area contributed by atoms with Crippen molar-refractivity contribution in [3.8, 4) is 5.75 Å². The van der Waals surface area contributed by atoms with Gasteiger partial charge in [-0.15, -0.1) is 0 Å². The van der Waals surface area contributed by atoms with Gasteiger partial charge in [-0.2, -0.15) is 0 Å². The summed E-state index contributed by atoms with van der Waals surface area (Å²) in [7, 11) is 1.56. The highest BCUT2D eigenvalue weighted by molar-refractivity contribution is 8.00. The van der Waals surface area contributed by atoms with Gasteiger partial charge in [0.2, 0.25) is 5.91 Å². The predicted molar refractivity (Wildman–Crippen MR) is 127 cm³/mol. The zero-order chi connectivity index (χ0) is 22.4. The number of hydrogen-bond donors (Lipinski definition) is 1. The summed E-state index contributed by atoms with van der Waals surface area (Å²) in [5, 5.41) is 3.96. The van der Waals surface area contributed by atoms with E-state index in [2.05, 4.69) is 17.2 Å². The maximum Gasteiger partial charge on any atom is 0.262 e. The minimum Gasteiger partial charge on any atom is -0.495 e. The topological polar surface area (TPSA) is 73.2 Å². The Kier molecular flexibility index (Phi) is 7.98. The summed E-state index contributed by atoms with van der Waals surface area (Å²) < 4.78 is 6.97. The lowest BCUT2D eigenvalue weighted by molar-refractivity contribution is -0.115. The molecule has 0 saturated carbocycles. The van der Waals surface area contributed by atoms with Gasteiger partial charge in [-0.3, -0.25) is 14.2 Å². The largest absolute Gasteiger partial charge is 0.495 e. The molecule has 0 radical (unpaired) electrons. The van der Waals surface area contributed by atoms with E-state index in [1.165, 1.54) is 11.8 Å². The molecule has 0 saturated heterocycles. The van der Waals surface area contributed by atoms with Crippen LogP contribution in [0.5, 0.6) is 5.75 Å². The Balaban J connectivity index is 1.89. The summed E-state index contributed by atoms with van der Waals surface area (Å²) in [5.74, 6) is 0.387. The summed E-state index contributed by atoms with van der Waals surface area (Å²) in [4.78, 5) is 30.6. The van der Waals surface area contributed by atoms with Gasteiger partial charge in [0.15, 0.2) is 5.16 Å². The molecule has 1 N–H and O–H groups in total. The van der Waals surface area contributed by atoms with Crippen LogP contribution < -0.4 is 15.6 Å². The Hall–Kier alpha value is -2.51. The average Bonchev–Trinajstić information content (AvgIpc) is 2.76. The highest BCUT2D eigenvalue weighted by Gasteiger charge is 2.20. The predicted octanol–water partition coefficient (Wildman–Crippen LogP) is 5.37. The van der Waals surface area contributed by atoms with Crippen molar-refractivity contribution in [1.82, 2.24) is 9.55 Å². The number of aromatic nitrogens is 2. The SMILES string of the molecule is CCCCCn1c(SC(C)C(=O)Nc2ccccc2OC)nc2cc(Cl)ccc2c1=O. The molecule has 0 aliphatic rings. The molecule has 3 rings (SSSR count). The molecule has 1 aromatic heterocycles. The van der Waals surface area contributed by atoms with E-state index < -0.39 is 5.25 Å². The van der Waals surface area contributed by atoms with Crippen LogP contribution in [0, 0.1) is 0 Å². The van der Waals surface area contributed by atoms with Gasteiger partial charge >= 0.3 is 0 Å². The first kappa shape index (κ1) is 23.2. The molecule has 8 heteroatoms. The monoisotopic (exact) mass is 459 g/mol. The number of benzene rings is 2. The summed E-state index contributed by atoms with van der Waals surface area (Å²) in [5.41, 5.74) is 1.02. The second kappa shape index (κ2) is 10.7. The fraction of sp³-hybridized carbons (Fsp3) is 0.348. The van der Waals surface area contributed by atoms with Crippen molar-refractivity contribution >= 4 is 45.9 Å². The normalized spacial score (nSPS) is 12.0. The van der Waals surface area contributed by atoms with E-state index in [0.29, 0.717) is 39.1 Å². The van der Waals surface area contributed by atoms with Crippen molar-refractivity contribution < 1.29 is 9.53 Å². The van der Waals surface area contributed by atoms with Crippen LogP contribution in [-0.2, 0) is 11.3 Å². The molecule has 164 valence electrons. The number of ether oxygens (including phenoxy) is 1. The number of para-hydroxylation sites is 2. The number of anilines is 1. The number of unbranched alkanes of at least 4 members (excludes halogenated alkanes) is 2. The Bertz CT molecular complexity index is 1130. The molecule has 31 heavy (non-hydrogen) atoms. The van der Waals surface area contributed by atoms with Crippen LogP contribution in [0.15, 0.2) is 52.4 Å². The molecule has 0 bridgehead atoms. The van der Waals surface area contributed by atoms with Crippen molar-refractivity contribution in [3.63, 3.8) is 0 Å². The van der Waals surface area contributed by atoms with Crippen LogP contribution >= 0.6 is 23.4 Å². The molecular formula is C23H26ClN3O3S. The molecule has 1 amide bonds. The molecule has 0 aliphatic heterocycles. The van der Waals surface area contributed by atoms with Gasteiger partial charge in [0.05, 0.1) is 29.0 Å². The lowest BCUT2D eigenvalue weighted by Gasteiger charge is -2.17. The quantitative estimate of drug-likeness (QED) is 0.264. The number of carbonyl (C=O) groups is 1. The second-order valence-electron chi connectivity index (χ2n) is 7.17. The van der Waals surface area contributed by atoms with Crippen LogP contribution in [-0.4, -0.2) is 27.8 Å². The number of halogens is 1. The standard InChI is InChI=1S/C23H26ClN3O3S/c1-4-5-8-13-27-22(29)17-12-11-16(24)14-19(17)26-23(27)31-15(2)21(28)25-18-9-6-7-10-20(18)30-3/h6-7,9-12,14-15H,4-5,8,13H2,1-3H3,(H,25,28). The summed E-state index contributed by atoms with van der Waals surface area (Å²) in [6.45, 7) is 4.46. The lowest BCUT2D eigenvalue weighted by Crippen LogP contribution is -2.27. The Morgan fingerprint density at radius 3 is 2.77 bits per heavy atom. The Morgan fingerprint density at radius 1 is 1.26 bits per heavy atom. The van der Waals surface area contributed by atoms with Crippen LogP contribution in [0.4, 0.5) is 5.69 Å². The van der Waals surface area contributed by atoms with Gasteiger partial charge in [0.1, 0.15) is 5.75 Å². The van der Waals surface area contributed by atoms with Gasteiger partial charge in [-0.05, 0) is 43.7 Å². The molecule has 6 nitrogen and oxygen atoms in total. The van der Waals surface area contributed by atoms with E-state index in [0.717, 1.165) is 19.3 Å². The first-order chi connectivity index (χ1) is 14.9.